The molecule has 0 atom stereocenters. The van der Waals surface area contributed by atoms with Gasteiger partial charge in [0.15, 0.2) is 4.96 Å². The van der Waals surface area contributed by atoms with Gasteiger partial charge in [0.2, 0.25) is 16.0 Å². The van der Waals surface area contributed by atoms with E-state index in [1.807, 2.05) is 40.2 Å². The number of thiazole rings is 1. The van der Waals surface area contributed by atoms with Crippen molar-refractivity contribution < 1.29 is 12.8 Å². The number of aromatic nitrogens is 4. The molecular weight excluding hydrogens is 523 g/mol. The first-order chi connectivity index (χ1) is 18.5. The highest BCUT2D eigenvalue weighted by Gasteiger charge is 2.19. The number of rotatable bonds is 8. The van der Waals surface area contributed by atoms with E-state index in [0.29, 0.717) is 17.3 Å². The van der Waals surface area contributed by atoms with E-state index in [1.54, 1.807) is 42.6 Å². The highest BCUT2D eigenvalue weighted by molar-refractivity contribution is 7.89. The van der Waals surface area contributed by atoms with Crippen molar-refractivity contribution in [3.63, 3.8) is 0 Å². The molecule has 0 fully saturated rings. The van der Waals surface area contributed by atoms with Gasteiger partial charge in [-0.2, -0.15) is 0 Å². The van der Waals surface area contributed by atoms with E-state index in [9.17, 15) is 12.8 Å². The van der Waals surface area contributed by atoms with Gasteiger partial charge in [-0.15, -0.1) is 11.3 Å². The largest absolute Gasteiger partial charge is 0.353 e. The van der Waals surface area contributed by atoms with Crippen molar-refractivity contribution in [3.8, 4) is 22.6 Å². The molecule has 0 amide bonds. The van der Waals surface area contributed by atoms with Crippen LogP contribution in [0.3, 0.4) is 0 Å². The van der Waals surface area contributed by atoms with Crippen LogP contribution in [0, 0.1) is 5.82 Å². The van der Waals surface area contributed by atoms with E-state index >= 15 is 0 Å². The molecule has 0 radical (unpaired) electrons. The summed E-state index contributed by atoms with van der Waals surface area (Å²) in [5, 5.41) is 6.85. The van der Waals surface area contributed by atoms with E-state index in [0.717, 1.165) is 27.0 Å². The highest BCUT2D eigenvalue weighted by atomic mass is 32.2. The molecule has 8 nitrogen and oxygen atoms in total. The third-order valence-corrected chi connectivity index (χ3v) is 8.22. The van der Waals surface area contributed by atoms with Gasteiger partial charge < -0.3 is 5.32 Å². The van der Waals surface area contributed by atoms with Crippen molar-refractivity contribution in [2.45, 2.75) is 4.90 Å². The number of nitrogens with one attached hydrogen (secondary N) is 2. The topological polar surface area (TPSA) is 101 Å². The quantitative estimate of drug-likeness (QED) is 0.255. The summed E-state index contributed by atoms with van der Waals surface area (Å²) in [6.45, 7) is 0.423. The van der Waals surface area contributed by atoms with Gasteiger partial charge in [0.05, 0.1) is 16.3 Å². The first-order valence-corrected chi connectivity index (χ1v) is 14.1. The Hall–Kier alpha value is -4.19. The fraction of sp³-hybridized carbons (Fsp3) is 0.0741. The number of nitrogens with zero attached hydrogens (tertiary/aromatic N) is 4. The number of benzene rings is 3. The van der Waals surface area contributed by atoms with Gasteiger partial charge in [0.25, 0.3) is 0 Å². The molecule has 0 unspecified atom stereocenters. The second-order valence-corrected chi connectivity index (χ2v) is 11.1. The average molecular weight is 545 g/mol. The Morgan fingerprint density at radius 1 is 0.921 bits per heavy atom. The molecule has 0 aliphatic carbocycles. The summed E-state index contributed by atoms with van der Waals surface area (Å²) in [5.74, 6) is 0.0312. The van der Waals surface area contributed by atoms with Gasteiger partial charge in [0.1, 0.15) is 11.5 Å². The van der Waals surface area contributed by atoms with Crippen LogP contribution in [0.4, 0.5) is 10.3 Å². The first kappa shape index (κ1) is 24.2. The Kier molecular flexibility index (Phi) is 6.32. The van der Waals surface area contributed by atoms with Gasteiger partial charge in [-0.1, -0.05) is 30.3 Å². The minimum absolute atomic E-state index is 0.144. The number of halogens is 1. The van der Waals surface area contributed by atoms with Gasteiger partial charge in [-0.05, 0) is 53.2 Å². The van der Waals surface area contributed by atoms with Crippen molar-refractivity contribution in [1.29, 1.82) is 0 Å². The summed E-state index contributed by atoms with van der Waals surface area (Å²) in [7, 11) is -3.68. The van der Waals surface area contributed by atoms with Gasteiger partial charge in [0, 0.05) is 36.4 Å². The van der Waals surface area contributed by atoms with Gasteiger partial charge >= 0.3 is 0 Å². The maximum Gasteiger partial charge on any atom is 0.240 e. The summed E-state index contributed by atoms with van der Waals surface area (Å²) in [6, 6.07) is 20.6. The monoisotopic (exact) mass is 544 g/mol. The summed E-state index contributed by atoms with van der Waals surface area (Å²) in [6.07, 6.45) is 3.54. The lowest BCUT2D eigenvalue weighted by atomic mass is 10.1. The summed E-state index contributed by atoms with van der Waals surface area (Å²) < 4.78 is 43.6. The van der Waals surface area contributed by atoms with E-state index in [2.05, 4.69) is 20.0 Å². The van der Waals surface area contributed by atoms with Crippen LogP contribution in [-0.2, 0) is 10.0 Å². The molecule has 0 bridgehead atoms. The van der Waals surface area contributed by atoms with Crippen LogP contribution in [-0.4, -0.2) is 40.9 Å². The Bertz CT molecular complexity index is 1870. The SMILES string of the molecule is O=S(=O)(NCCNc1nccc(-c2c(-c3ccc(F)cc3)nc3sccn23)n1)c1ccc2ccccc2c1. The van der Waals surface area contributed by atoms with Crippen LogP contribution in [0.1, 0.15) is 0 Å². The summed E-state index contributed by atoms with van der Waals surface area (Å²) in [4.78, 5) is 14.7. The zero-order valence-corrected chi connectivity index (χ0v) is 21.5. The maximum atomic E-state index is 13.5. The number of imidazole rings is 1. The molecule has 190 valence electrons. The van der Waals surface area contributed by atoms with Crippen molar-refractivity contribution in [1.82, 2.24) is 24.1 Å². The first-order valence-electron chi connectivity index (χ1n) is 11.8. The maximum absolute atomic E-state index is 13.5. The zero-order valence-electron chi connectivity index (χ0n) is 19.9. The van der Waals surface area contributed by atoms with E-state index < -0.39 is 10.0 Å². The minimum atomic E-state index is -3.68. The molecule has 3 heterocycles. The minimum Gasteiger partial charge on any atom is -0.353 e. The molecule has 6 aromatic rings. The molecule has 6 rings (SSSR count). The van der Waals surface area contributed by atoms with E-state index in [1.165, 1.54) is 23.5 Å². The lowest BCUT2D eigenvalue weighted by molar-refractivity contribution is 0.583. The number of hydrogen-bond donors (Lipinski definition) is 2. The lowest BCUT2D eigenvalue weighted by Gasteiger charge is -2.10. The van der Waals surface area contributed by atoms with Crippen LogP contribution in [0.15, 0.2) is 95.5 Å². The molecule has 0 aliphatic rings. The second-order valence-electron chi connectivity index (χ2n) is 8.47. The number of sulfonamides is 1. The normalized spacial score (nSPS) is 11.8. The van der Waals surface area contributed by atoms with Gasteiger partial charge in [-0.25, -0.2) is 32.5 Å². The fourth-order valence-electron chi connectivity index (χ4n) is 4.19. The summed E-state index contributed by atoms with van der Waals surface area (Å²) >= 11 is 1.49. The molecule has 0 saturated carbocycles. The average Bonchev–Trinajstić information content (AvgIpc) is 3.53. The molecule has 3 aromatic heterocycles. The molecule has 0 aliphatic heterocycles. The Morgan fingerprint density at radius 2 is 1.74 bits per heavy atom. The standard InChI is InChI=1S/C27H21FN6O2S2/c28-21-8-5-19(6-9-21)24-25(34-15-16-37-27(34)33-24)23-11-12-29-26(32-23)30-13-14-31-38(35,36)22-10-7-18-3-1-2-4-20(18)17-22/h1-12,15-17,31H,13-14H2,(H,29,30,32). The third kappa shape index (κ3) is 4.74. The van der Waals surface area contributed by atoms with E-state index in [-0.39, 0.29) is 23.8 Å². The van der Waals surface area contributed by atoms with Gasteiger partial charge in [-0.3, -0.25) is 4.40 Å². The predicted octanol–water partition coefficient (Wildman–Crippen LogP) is 5.20. The predicted molar refractivity (Wildman–Crippen MR) is 147 cm³/mol. The number of hydrogen-bond acceptors (Lipinski definition) is 7. The van der Waals surface area contributed by atoms with Crippen LogP contribution >= 0.6 is 11.3 Å². The Labute approximate surface area is 221 Å². The molecule has 38 heavy (non-hydrogen) atoms. The van der Waals surface area contributed by atoms with Crippen LogP contribution < -0.4 is 10.0 Å². The van der Waals surface area contributed by atoms with Crippen molar-refractivity contribution >= 4 is 43.0 Å². The molecule has 3 aromatic carbocycles. The zero-order chi connectivity index (χ0) is 26.1. The number of fused-ring (bicyclic) bond motifs is 2. The molecule has 2 N–H and O–H groups in total. The van der Waals surface area contributed by atoms with Crippen molar-refractivity contribution in [2.24, 2.45) is 0 Å². The Morgan fingerprint density at radius 3 is 2.58 bits per heavy atom. The van der Waals surface area contributed by atoms with Crippen LogP contribution in [0.25, 0.3) is 38.4 Å². The highest BCUT2D eigenvalue weighted by Crippen LogP contribution is 2.33. The number of anilines is 1. The van der Waals surface area contributed by atoms with Crippen LogP contribution in [0.2, 0.25) is 0 Å². The third-order valence-electron chi connectivity index (χ3n) is 6.01. The van der Waals surface area contributed by atoms with Crippen molar-refractivity contribution in [2.75, 3.05) is 18.4 Å². The lowest BCUT2D eigenvalue weighted by Crippen LogP contribution is -2.29. The molecular formula is C27H21FN6O2S2. The Balaban J connectivity index is 1.18. The molecule has 11 heteroatoms. The second kappa shape index (κ2) is 9.93. The molecule has 0 spiro atoms. The summed E-state index contributed by atoms with van der Waals surface area (Å²) in [5.41, 5.74) is 2.85. The van der Waals surface area contributed by atoms with Crippen LogP contribution in [0.5, 0.6) is 0 Å². The van der Waals surface area contributed by atoms with Crippen molar-refractivity contribution in [3.05, 3.63) is 96.4 Å². The van der Waals surface area contributed by atoms with E-state index in [4.69, 9.17) is 4.98 Å². The molecule has 0 saturated heterocycles. The fourth-order valence-corrected chi connectivity index (χ4v) is 5.97. The smallest absolute Gasteiger partial charge is 0.240 e.